The van der Waals surface area contributed by atoms with E-state index >= 15 is 0 Å². The second-order valence-electron chi connectivity index (χ2n) is 3.44. The molecule has 0 spiro atoms. The van der Waals surface area contributed by atoms with Crippen LogP contribution < -0.4 is 0 Å². The van der Waals surface area contributed by atoms with Crippen LogP contribution in [0.1, 0.15) is 36.1 Å². The molecule has 64 valence electrons. The number of hydrogen-bond donors (Lipinski definition) is 1. The number of fused-ring (bicyclic) bond motifs is 1. The van der Waals surface area contributed by atoms with Crippen molar-refractivity contribution >= 4 is 0 Å². The predicted molar refractivity (Wildman–Crippen MR) is 49.1 cm³/mol. The van der Waals surface area contributed by atoms with Crippen LogP contribution in [0.15, 0.2) is 18.2 Å². The first-order valence-electron chi connectivity index (χ1n) is 4.61. The van der Waals surface area contributed by atoms with Crippen molar-refractivity contribution in [2.45, 2.75) is 32.3 Å². The van der Waals surface area contributed by atoms with Crippen LogP contribution in [0, 0.1) is 0 Å². The van der Waals surface area contributed by atoms with Gasteiger partial charge in [0.2, 0.25) is 0 Å². The smallest absolute Gasteiger partial charge is 0.0796 e. The van der Waals surface area contributed by atoms with E-state index in [1.54, 1.807) is 0 Å². The van der Waals surface area contributed by atoms with Gasteiger partial charge in [0.05, 0.1) is 6.10 Å². The van der Waals surface area contributed by atoms with Crippen LogP contribution >= 0.6 is 0 Å². The molecule has 1 nitrogen and oxygen atoms in total. The summed E-state index contributed by atoms with van der Waals surface area (Å²) in [5.41, 5.74) is 3.82. The molecule has 1 aromatic rings. The molecule has 1 aromatic carbocycles. The van der Waals surface area contributed by atoms with E-state index in [0.717, 1.165) is 24.8 Å². The number of aliphatic hydroxyl groups excluding tert-OH is 1. The van der Waals surface area contributed by atoms with E-state index in [4.69, 9.17) is 0 Å². The topological polar surface area (TPSA) is 20.2 Å². The van der Waals surface area contributed by atoms with Crippen LogP contribution in [0.5, 0.6) is 0 Å². The van der Waals surface area contributed by atoms with Crippen LogP contribution in [0.3, 0.4) is 0 Å². The van der Waals surface area contributed by atoms with Gasteiger partial charge in [0.15, 0.2) is 0 Å². The molecule has 0 bridgehead atoms. The molecule has 0 amide bonds. The Morgan fingerprint density at radius 2 is 2.33 bits per heavy atom. The Labute approximate surface area is 73.0 Å². The van der Waals surface area contributed by atoms with Gasteiger partial charge in [-0.2, -0.15) is 0 Å². The molecular formula is C11H14O. The summed E-state index contributed by atoms with van der Waals surface area (Å²) in [4.78, 5) is 0. The second-order valence-corrected chi connectivity index (χ2v) is 3.44. The molecule has 0 heterocycles. The maximum Gasteiger partial charge on any atom is 0.0796 e. The van der Waals surface area contributed by atoms with E-state index in [9.17, 15) is 5.11 Å². The van der Waals surface area contributed by atoms with Gasteiger partial charge >= 0.3 is 0 Å². The highest BCUT2D eigenvalue weighted by Gasteiger charge is 2.19. The summed E-state index contributed by atoms with van der Waals surface area (Å²) in [7, 11) is 0. The van der Waals surface area contributed by atoms with E-state index in [1.165, 1.54) is 11.1 Å². The van der Waals surface area contributed by atoms with Crippen molar-refractivity contribution in [3.63, 3.8) is 0 Å². The van der Waals surface area contributed by atoms with E-state index in [-0.39, 0.29) is 6.10 Å². The Balaban J connectivity index is 2.43. The number of benzene rings is 1. The minimum Gasteiger partial charge on any atom is -0.388 e. The largest absolute Gasteiger partial charge is 0.388 e. The van der Waals surface area contributed by atoms with E-state index in [2.05, 4.69) is 25.1 Å². The number of hydrogen-bond acceptors (Lipinski definition) is 1. The lowest BCUT2D eigenvalue weighted by molar-refractivity contribution is 0.180. The minimum absolute atomic E-state index is 0.202. The monoisotopic (exact) mass is 162 g/mol. The van der Waals surface area contributed by atoms with Gasteiger partial charge in [-0.05, 0) is 36.0 Å². The number of aryl methyl sites for hydroxylation is 2. The summed E-state index contributed by atoms with van der Waals surface area (Å²) in [5.74, 6) is 0. The third-order valence-corrected chi connectivity index (χ3v) is 2.66. The van der Waals surface area contributed by atoms with Crippen molar-refractivity contribution in [2.75, 3.05) is 0 Å². The lowest BCUT2D eigenvalue weighted by Crippen LogP contribution is -1.91. The van der Waals surface area contributed by atoms with Gasteiger partial charge in [0.1, 0.15) is 0 Å². The predicted octanol–water partition coefficient (Wildman–Crippen LogP) is 2.23. The molecule has 0 saturated heterocycles. The van der Waals surface area contributed by atoms with Crippen molar-refractivity contribution in [3.05, 3.63) is 34.9 Å². The Bertz CT molecular complexity index is 291. The van der Waals surface area contributed by atoms with Gasteiger partial charge < -0.3 is 5.11 Å². The molecule has 1 aliphatic carbocycles. The standard InChI is InChI=1S/C11H14O/c1-2-8-3-4-9-5-6-11(12)10(9)7-8/h3-4,7,11-12H,2,5-6H2,1H3. The third kappa shape index (κ3) is 1.14. The molecular weight excluding hydrogens is 148 g/mol. The van der Waals surface area contributed by atoms with Crippen molar-refractivity contribution in [1.29, 1.82) is 0 Å². The third-order valence-electron chi connectivity index (χ3n) is 2.66. The minimum atomic E-state index is -0.202. The average molecular weight is 162 g/mol. The summed E-state index contributed by atoms with van der Waals surface area (Å²) >= 11 is 0. The van der Waals surface area contributed by atoms with Crippen LogP contribution in [-0.2, 0) is 12.8 Å². The van der Waals surface area contributed by atoms with Crippen LogP contribution in [0.25, 0.3) is 0 Å². The summed E-state index contributed by atoms with van der Waals surface area (Å²) in [6.45, 7) is 2.14. The summed E-state index contributed by atoms with van der Waals surface area (Å²) in [6, 6.07) is 6.47. The lowest BCUT2D eigenvalue weighted by Gasteiger charge is -2.05. The van der Waals surface area contributed by atoms with E-state index < -0.39 is 0 Å². The fourth-order valence-corrected chi connectivity index (χ4v) is 1.85. The molecule has 1 atom stereocenters. The maximum atomic E-state index is 9.60. The zero-order valence-corrected chi connectivity index (χ0v) is 7.38. The highest BCUT2D eigenvalue weighted by atomic mass is 16.3. The molecule has 1 heteroatoms. The molecule has 0 aromatic heterocycles. The molecule has 0 radical (unpaired) electrons. The first-order chi connectivity index (χ1) is 5.81. The van der Waals surface area contributed by atoms with Gasteiger partial charge in [-0.25, -0.2) is 0 Å². The second kappa shape index (κ2) is 2.91. The van der Waals surface area contributed by atoms with Gasteiger partial charge in [-0.15, -0.1) is 0 Å². The fraction of sp³-hybridized carbons (Fsp3) is 0.455. The summed E-state index contributed by atoms with van der Waals surface area (Å²) in [6.07, 6.45) is 2.80. The first kappa shape index (κ1) is 7.81. The van der Waals surface area contributed by atoms with Crippen molar-refractivity contribution in [1.82, 2.24) is 0 Å². The van der Waals surface area contributed by atoms with Gasteiger partial charge in [0, 0.05) is 0 Å². The maximum absolute atomic E-state index is 9.60. The van der Waals surface area contributed by atoms with E-state index in [1.807, 2.05) is 0 Å². The average Bonchev–Trinajstić information content (AvgIpc) is 2.47. The lowest BCUT2D eigenvalue weighted by atomic mass is 10.0. The van der Waals surface area contributed by atoms with E-state index in [0.29, 0.717) is 0 Å². The number of rotatable bonds is 1. The first-order valence-corrected chi connectivity index (χ1v) is 4.61. The molecule has 0 saturated carbocycles. The molecule has 1 N–H and O–H groups in total. The fourth-order valence-electron chi connectivity index (χ4n) is 1.85. The number of aliphatic hydroxyl groups is 1. The Hall–Kier alpha value is -0.820. The van der Waals surface area contributed by atoms with Gasteiger partial charge in [-0.3, -0.25) is 0 Å². The van der Waals surface area contributed by atoms with Gasteiger partial charge in [-0.1, -0.05) is 25.1 Å². The van der Waals surface area contributed by atoms with Crippen LogP contribution in [0.2, 0.25) is 0 Å². The molecule has 2 rings (SSSR count). The van der Waals surface area contributed by atoms with Crippen molar-refractivity contribution < 1.29 is 5.11 Å². The Kier molecular flexibility index (Phi) is 1.89. The Morgan fingerprint density at radius 3 is 3.08 bits per heavy atom. The highest BCUT2D eigenvalue weighted by molar-refractivity contribution is 5.36. The normalized spacial score (nSPS) is 21.0. The molecule has 0 fully saturated rings. The van der Waals surface area contributed by atoms with Crippen LogP contribution in [0.4, 0.5) is 0 Å². The zero-order chi connectivity index (χ0) is 8.55. The van der Waals surface area contributed by atoms with Crippen molar-refractivity contribution in [2.24, 2.45) is 0 Å². The summed E-state index contributed by atoms with van der Waals surface area (Å²) in [5, 5.41) is 9.60. The van der Waals surface area contributed by atoms with Crippen molar-refractivity contribution in [3.8, 4) is 0 Å². The zero-order valence-electron chi connectivity index (χ0n) is 7.38. The Morgan fingerprint density at radius 1 is 1.50 bits per heavy atom. The quantitative estimate of drug-likeness (QED) is 0.671. The SMILES string of the molecule is CCc1ccc2c(c1)C(O)CC2. The molecule has 1 unspecified atom stereocenters. The molecule has 12 heavy (non-hydrogen) atoms. The summed E-state index contributed by atoms with van der Waals surface area (Å²) < 4.78 is 0. The molecule has 0 aliphatic heterocycles. The van der Waals surface area contributed by atoms with Crippen LogP contribution in [-0.4, -0.2) is 5.11 Å². The molecule has 1 aliphatic rings. The van der Waals surface area contributed by atoms with Gasteiger partial charge in [0.25, 0.3) is 0 Å². The highest BCUT2D eigenvalue weighted by Crippen LogP contribution is 2.31.